The molecule has 0 spiro atoms. The van der Waals surface area contributed by atoms with Gasteiger partial charge in [0.2, 0.25) is 0 Å². The van der Waals surface area contributed by atoms with Crippen LogP contribution in [0.2, 0.25) is 0 Å². The Kier molecular flexibility index (Phi) is 7.33. The van der Waals surface area contributed by atoms with Crippen LogP contribution >= 0.6 is 0 Å². The minimum absolute atomic E-state index is 0.0530. The number of halogens is 1. The molecule has 2 nitrogen and oxygen atoms in total. The summed E-state index contributed by atoms with van der Waals surface area (Å²) < 4.78 is 14.0. The predicted octanol–water partition coefficient (Wildman–Crippen LogP) is 3.86. The van der Waals surface area contributed by atoms with Crippen LogP contribution in [-0.2, 0) is 6.42 Å². The van der Waals surface area contributed by atoms with Crippen LogP contribution in [0.4, 0.5) is 4.39 Å². The Labute approximate surface area is 129 Å². The van der Waals surface area contributed by atoms with Crippen LogP contribution in [-0.4, -0.2) is 37.1 Å². The van der Waals surface area contributed by atoms with Crippen LogP contribution in [0.5, 0.6) is 0 Å². The van der Waals surface area contributed by atoms with Gasteiger partial charge in [-0.15, -0.1) is 0 Å². The number of hydrogen-bond acceptors (Lipinski definition) is 2. The average molecular weight is 294 g/mol. The summed E-state index contributed by atoms with van der Waals surface area (Å²) in [6, 6.07) is 7.39. The van der Waals surface area contributed by atoms with E-state index in [9.17, 15) is 4.39 Å². The summed E-state index contributed by atoms with van der Waals surface area (Å²) in [5.41, 5.74) is 0.858. The number of hydrogen-bond donors (Lipinski definition) is 1. The van der Waals surface area contributed by atoms with E-state index in [1.807, 2.05) is 12.1 Å². The van der Waals surface area contributed by atoms with Gasteiger partial charge in [0, 0.05) is 11.6 Å². The van der Waals surface area contributed by atoms with Gasteiger partial charge >= 0.3 is 0 Å². The lowest BCUT2D eigenvalue weighted by Gasteiger charge is -2.46. The minimum Gasteiger partial charge on any atom is -0.312 e. The van der Waals surface area contributed by atoms with E-state index in [2.05, 4.69) is 45.1 Å². The molecule has 0 aliphatic carbocycles. The molecule has 3 heteroatoms. The fourth-order valence-electron chi connectivity index (χ4n) is 3.34. The SMILES string of the molecule is CCCNC(Cc1ccccc1F)C(CC)(CC)N(C)C. The zero-order valence-corrected chi connectivity index (χ0v) is 14.2. The van der Waals surface area contributed by atoms with Crippen molar-refractivity contribution >= 4 is 0 Å². The van der Waals surface area contributed by atoms with Crippen LogP contribution < -0.4 is 5.32 Å². The molecule has 0 radical (unpaired) electrons. The van der Waals surface area contributed by atoms with Gasteiger partial charge in [-0.3, -0.25) is 0 Å². The van der Waals surface area contributed by atoms with Gasteiger partial charge in [0.15, 0.2) is 0 Å². The fourth-order valence-corrected chi connectivity index (χ4v) is 3.34. The van der Waals surface area contributed by atoms with Crippen molar-refractivity contribution in [3.05, 3.63) is 35.6 Å². The highest BCUT2D eigenvalue weighted by atomic mass is 19.1. The van der Waals surface area contributed by atoms with Crippen molar-refractivity contribution in [3.8, 4) is 0 Å². The molecule has 0 fully saturated rings. The molecule has 1 atom stereocenters. The molecule has 21 heavy (non-hydrogen) atoms. The number of rotatable bonds is 9. The normalized spacial score (nSPS) is 13.7. The molecule has 120 valence electrons. The van der Waals surface area contributed by atoms with E-state index in [0.29, 0.717) is 0 Å². The smallest absolute Gasteiger partial charge is 0.126 e. The van der Waals surface area contributed by atoms with Crippen molar-refractivity contribution in [2.45, 2.75) is 58.0 Å². The van der Waals surface area contributed by atoms with Gasteiger partial charge in [-0.1, -0.05) is 39.0 Å². The Morgan fingerprint density at radius 2 is 1.76 bits per heavy atom. The van der Waals surface area contributed by atoms with Crippen molar-refractivity contribution in [1.82, 2.24) is 10.2 Å². The molecule has 1 aromatic rings. The topological polar surface area (TPSA) is 15.3 Å². The molecule has 1 rings (SSSR count). The summed E-state index contributed by atoms with van der Waals surface area (Å²) >= 11 is 0. The zero-order chi connectivity index (χ0) is 15.9. The van der Waals surface area contributed by atoms with Crippen molar-refractivity contribution < 1.29 is 4.39 Å². The summed E-state index contributed by atoms with van der Waals surface area (Å²) in [4.78, 5) is 2.31. The Morgan fingerprint density at radius 1 is 1.14 bits per heavy atom. The number of nitrogens with zero attached hydrogens (tertiary/aromatic N) is 1. The van der Waals surface area contributed by atoms with E-state index in [1.54, 1.807) is 12.1 Å². The molecule has 0 aromatic heterocycles. The second kappa shape index (κ2) is 8.50. The van der Waals surface area contributed by atoms with Gasteiger partial charge in [0.25, 0.3) is 0 Å². The first-order valence-corrected chi connectivity index (χ1v) is 8.16. The Balaban J connectivity index is 3.06. The van der Waals surface area contributed by atoms with E-state index in [1.165, 1.54) is 0 Å². The molecule has 1 unspecified atom stereocenters. The summed E-state index contributed by atoms with van der Waals surface area (Å²) in [6.45, 7) is 7.59. The first kappa shape index (κ1) is 18.1. The van der Waals surface area contributed by atoms with Crippen molar-refractivity contribution in [2.75, 3.05) is 20.6 Å². The molecule has 0 aliphatic heterocycles. The minimum atomic E-state index is -0.0966. The molecular weight excluding hydrogens is 263 g/mol. The first-order valence-electron chi connectivity index (χ1n) is 8.16. The highest BCUT2D eigenvalue weighted by molar-refractivity contribution is 5.20. The van der Waals surface area contributed by atoms with E-state index in [4.69, 9.17) is 0 Å². The molecular formula is C18H31FN2. The second-order valence-electron chi connectivity index (χ2n) is 6.01. The third-order valence-corrected chi connectivity index (χ3v) is 4.79. The predicted molar refractivity (Wildman–Crippen MR) is 89.2 cm³/mol. The molecule has 0 bridgehead atoms. The fraction of sp³-hybridized carbons (Fsp3) is 0.667. The van der Waals surface area contributed by atoms with E-state index in [-0.39, 0.29) is 17.4 Å². The summed E-state index contributed by atoms with van der Waals surface area (Å²) in [6.07, 6.45) is 3.91. The van der Waals surface area contributed by atoms with Crippen molar-refractivity contribution in [3.63, 3.8) is 0 Å². The maximum absolute atomic E-state index is 14.0. The monoisotopic (exact) mass is 294 g/mol. The Hall–Kier alpha value is -0.930. The first-order chi connectivity index (χ1) is 10.0. The van der Waals surface area contributed by atoms with Gasteiger partial charge < -0.3 is 10.2 Å². The van der Waals surface area contributed by atoms with Crippen LogP contribution in [0.25, 0.3) is 0 Å². The summed E-state index contributed by atoms with van der Waals surface area (Å²) in [5.74, 6) is -0.0966. The maximum atomic E-state index is 14.0. The number of nitrogens with one attached hydrogen (secondary N) is 1. The third-order valence-electron chi connectivity index (χ3n) is 4.79. The van der Waals surface area contributed by atoms with Gasteiger partial charge in [-0.05, 0) is 58.0 Å². The molecule has 1 aromatic carbocycles. The lowest BCUT2D eigenvalue weighted by Crippen LogP contribution is -2.59. The molecule has 0 saturated carbocycles. The third kappa shape index (κ3) is 4.27. The molecule has 0 saturated heterocycles. The Bertz CT molecular complexity index is 413. The van der Waals surface area contributed by atoms with Gasteiger partial charge in [-0.25, -0.2) is 4.39 Å². The zero-order valence-electron chi connectivity index (χ0n) is 14.2. The van der Waals surface area contributed by atoms with Gasteiger partial charge in [0.1, 0.15) is 5.82 Å². The van der Waals surface area contributed by atoms with Crippen LogP contribution in [0.1, 0.15) is 45.6 Å². The average Bonchev–Trinajstić information content (AvgIpc) is 2.48. The number of benzene rings is 1. The molecule has 1 N–H and O–H groups in total. The summed E-state index contributed by atoms with van der Waals surface area (Å²) in [5, 5.41) is 3.66. The maximum Gasteiger partial charge on any atom is 0.126 e. The van der Waals surface area contributed by atoms with Crippen molar-refractivity contribution in [1.29, 1.82) is 0 Å². The standard InChI is InChI=1S/C18H31FN2/c1-6-13-20-17(18(7-2,8-3)21(4)5)14-15-11-9-10-12-16(15)19/h9-12,17,20H,6-8,13-14H2,1-5H3. The van der Waals surface area contributed by atoms with E-state index < -0.39 is 0 Å². The Morgan fingerprint density at radius 3 is 2.24 bits per heavy atom. The van der Waals surface area contributed by atoms with Crippen LogP contribution in [0, 0.1) is 5.82 Å². The molecule has 0 heterocycles. The van der Waals surface area contributed by atoms with Crippen LogP contribution in [0.15, 0.2) is 24.3 Å². The largest absolute Gasteiger partial charge is 0.312 e. The second-order valence-corrected chi connectivity index (χ2v) is 6.01. The van der Waals surface area contributed by atoms with E-state index >= 15 is 0 Å². The summed E-state index contributed by atoms with van der Waals surface area (Å²) in [7, 11) is 4.27. The highest BCUT2D eigenvalue weighted by Crippen LogP contribution is 2.28. The molecule has 0 amide bonds. The van der Waals surface area contributed by atoms with E-state index in [0.717, 1.165) is 37.8 Å². The lowest BCUT2D eigenvalue weighted by atomic mass is 9.80. The molecule has 0 aliphatic rings. The van der Waals surface area contributed by atoms with Crippen LogP contribution in [0.3, 0.4) is 0 Å². The van der Waals surface area contributed by atoms with Gasteiger partial charge in [-0.2, -0.15) is 0 Å². The lowest BCUT2D eigenvalue weighted by molar-refractivity contribution is 0.0878. The van der Waals surface area contributed by atoms with Gasteiger partial charge in [0.05, 0.1) is 0 Å². The van der Waals surface area contributed by atoms with Crippen molar-refractivity contribution in [2.24, 2.45) is 0 Å². The highest BCUT2D eigenvalue weighted by Gasteiger charge is 2.37. The number of likely N-dealkylation sites (N-methyl/N-ethyl adjacent to an activating group) is 1. The quantitative estimate of drug-likeness (QED) is 0.744.